The number of carbonyl (C=O) groups excluding carboxylic acids is 1. The lowest BCUT2D eigenvalue weighted by Crippen LogP contribution is -2.11. The van der Waals surface area contributed by atoms with Gasteiger partial charge in [0.05, 0.1) is 5.69 Å². The minimum absolute atomic E-state index is 0.0882. The number of aryl methyl sites for hydroxylation is 1. The van der Waals surface area contributed by atoms with Crippen molar-refractivity contribution < 1.29 is 4.79 Å². The van der Waals surface area contributed by atoms with Gasteiger partial charge in [-0.25, -0.2) is 4.98 Å². The zero-order chi connectivity index (χ0) is 15.5. The Balaban J connectivity index is 1.72. The third-order valence-electron chi connectivity index (χ3n) is 3.85. The number of anilines is 1. The summed E-state index contributed by atoms with van der Waals surface area (Å²) >= 11 is 1.60. The van der Waals surface area contributed by atoms with Gasteiger partial charge in [0.15, 0.2) is 5.13 Å². The predicted molar refractivity (Wildman–Crippen MR) is 91.8 cm³/mol. The highest BCUT2D eigenvalue weighted by molar-refractivity contribution is 7.15. The van der Waals surface area contributed by atoms with Crippen molar-refractivity contribution >= 4 is 22.4 Å². The molecule has 1 aliphatic carbocycles. The number of allylic oxidation sites excluding steroid dienone is 2. The first-order chi connectivity index (χ1) is 10.6. The van der Waals surface area contributed by atoms with Gasteiger partial charge in [0.2, 0.25) is 0 Å². The second-order valence-corrected chi connectivity index (χ2v) is 6.92. The molecule has 1 aromatic carbocycles. The molecule has 0 spiro atoms. The molecule has 3 rings (SSSR count). The summed E-state index contributed by atoms with van der Waals surface area (Å²) in [5, 5.41) is 3.64. The smallest absolute Gasteiger partial charge is 0.257 e. The van der Waals surface area contributed by atoms with Crippen LogP contribution in [0.25, 0.3) is 0 Å². The van der Waals surface area contributed by atoms with Crippen LogP contribution in [-0.4, -0.2) is 10.9 Å². The number of rotatable bonds is 3. The fourth-order valence-corrected chi connectivity index (χ4v) is 3.51. The first-order valence-electron chi connectivity index (χ1n) is 7.68. The number of hydrogen-bond acceptors (Lipinski definition) is 3. The molecule has 1 amide bonds. The topological polar surface area (TPSA) is 42.0 Å². The lowest BCUT2D eigenvalue weighted by molar-refractivity contribution is 0.102. The van der Waals surface area contributed by atoms with E-state index in [-0.39, 0.29) is 5.91 Å². The van der Waals surface area contributed by atoms with Gasteiger partial charge in [-0.1, -0.05) is 38.1 Å². The highest BCUT2D eigenvalue weighted by Crippen LogP contribution is 2.27. The van der Waals surface area contributed by atoms with Crippen LogP contribution in [0.5, 0.6) is 0 Å². The van der Waals surface area contributed by atoms with Crippen LogP contribution >= 0.6 is 11.3 Å². The van der Waals surface area contributed by atoms with Gasteiger partial charge in [0, 0.05) is 16.9 Å². The molecule has 4 heteroatoms. The Bertz CT molecular complexity index is 698. The van der Waals surface area contributed by atoms with Crippen LogP contribution in [-0.2, 0) is 12.8 Å². The van der Waals surface area contributed by atoms with Gasteiger partial charge < -0.3 is 0 Å². The molecular weight excluding hydrogens is 292 g/mol. The molecule has 0 radical (unpaired) electrons. The molecular formula is C18H20N2OS. The van der Waals surface area contributed by atoms with Crippen LogP contribution < -0.4 is 5.32 Å². The van der Waals surface area contributed by atoms with E-state index in [1.807, 2.05) is 24.3 Å². The Morgan fingerprint density at radius 1 is 1.23 bits per heavy atom. The second kappa shape index (κ2) is 6.44. The standard InChI is InChI=1S/C18H20N2OS/c1-12(2)13-8-10-14(11-9-13)17(21)20-18-19-15-6-4-3-5-7-16(15)22-18/h3-4,8-12H,5-7H2,1-2H3,(H,19,20,21). The second-order valence-electron chi connectivity index (χ2n) is 5.83. The summed E-state index contributed by atoms with van der Waals surface area (Å²) in [6.07, 6.45) is 7.29. The number of benzene rings is 1. The van der Waals surface area contributed by atoms with Crippen molar-refractivity contribution in [3.63, 3.8) is 0 Å². The van der Waals surface area contributed by atoms with Crippen LogP contribution in [0.2, 0.25) is 0 Å². The Kier molecular flexibility index (Phi) is 4.39. The van der Waals surface area contributed by atoms with Crippen molar-refractivity contribution in [1.82, 2.24) is 4.98 Å². The monoisotopic (exact) mass is 312 g/mol. The van der Waals surface area contributed by atoms with Crippen LogP contribution in [0.4, 0.5) is 5.13 Å². The maximum Gasteiger partial charge on any atom is 0.257 e. The van der Waals surface area contributed by atoms with Gasteiger partial charge in [-0.3, -0.25) is 10.1 Å². The van der Waals surface area contributed by atoms with E-state index in [0.29, 0.717) is 16.6 Å². The highest BCUT2D eigenvalue weighted by Gasteiger charge is 2.14. The average Bonchev–Trinajstić information content (AvgIpc) is 2.76. The fourth-order valence-electron chi connectivity index (χ4n) is 2.51. The maximum absolute atomic E-state index is 12.3. The van der Waals surface area contributed by atoms with E-state index < -0.39 is 0 Å². The van der Waals surface area contributed by atoms with Gasteiger partial charge >= 0.3 is 0 Å². The maximum atomic E-state index is 12.3. The number of aromatic nitrogens is 1. The Hall–Kier alpha value is -1.94. The molecule has 0 unspecified atom stereocenters. The fraction of sp³-hybridized carbons (Fsp3) is 0.333. The van der Waals surface area contributed by atoms with E-state index in [1.165, 1.54) is 10.4 Å². The Morgan fingerprint density at radius 2 is 2.00 bits per heavy atom. The lowest BCUT2D eigenvalue weighted by Gasteiger charge is -2.06. The zero-order valence-electron chi connectivity index (χ0n) is 12.9. The molecule has 0 bridgehead atoms. The molecule has 2 aromatic rings. The number of thiazole rings is 1. The Morgan fingerprint density at radius 3 is 2.73 bits per heavy atom. The lowest BCUT2D eigenvalue weighted by atomic mass is 10.0. The summed E-state index contributed by atoms with van der Waals surface area (Å²) in [4.78, 5) is 18.2. The van der Waals surface area contributed by atoms with Crippen molar-refractivity contribution in [2.45, 2.75) is 39.0 Å². The molecule has 1 N–H and O–H groups in total. The minimum Gasteiger partial charge on any atom is -0.298 e. The molecule has 0 saturated heterocycles. The summed E-state index contributed by atoms with van der Waals surface area (Å²) in [6.45, 7) is 4.29. The highest BCUT2D eigenvalue weighted by atomic mass is 32.1. The Labute approximate surface area is 135 Å². The van der Waals surface area contributed by atoms with E-state index in [2.05, 4.69) is 36.3 Å². The van der Waals surface area contributed by atoms with Gasteiger partial charge in [0.25, 0.3) is 5.91 Å². The molecule has 1 heterocycles. The SMILES string of the molecule is CC(C)c1ccc(C(=O)Nc2nc3c(s2)CCC=CC3)cc1. The number of amides is 1. The summed E-state index contributed by atoms with van der Waals surface area (Å²) in [5.74, 6) is 0.384. The van der Waals surface area contributed by atoms with E-state index in [9.17, 15) is 4.79 Å². The molecule has 1 aromatic heterocycles. The van der Waals surface area contributed by atoms with Crippen molar-refractivity contribution in [2.24, 2.45) is 0 Å². The molecule has 0 atom stereocenters. The number of fused-ring (bicyclic) bond motifs is 1. The quantitative estimate of drug-likeness (QED) is 0.844. The van der Waals surface area contributed by atoms with E-state index in [1.54, 1.807) is 11.3 Å². The van der Waals surface area contributed by atoms with Crippen molar-refractivity contribution in [3.05, 3.63) is 58.1 Å². The largest absolute Gasteiger partial charge is 0.298 e. The number of nitrogens with one attached hydrogen (secondary N) is 1. The van der Waals surface area contributed by atoms with Gasteiger partial charge in [-0.2, -0.15) is 0 Å². The first-order valence-corrected chi connectivity index (χ1v) is 8.50. The van der Waals surface area contributed by atoms with Crippen molar-refractivity contribution in [1.29, 1.82) is 0 Å². The van der Waals surface area contributed by atoms with Crippen molar-refractivity contribution in [2.75, 3.05) is 5.32 Å². The molecule has 0 saturated carbocycles. The molecule has 1 aliphatic rings. The van der Waals surface area contributed by atoms with Crippen molar-refractivity contribution in [3.8, 4) is 0 Å². The molecule has 3 nitrogen and oxygen atoms in total. The summed E-state index contributed by atoms with van der Waals surface area (Å²) in [5.41, 5.74) is 3.02. The number of carbonyl (C=O) groups is 1. The summed E-state index contributed by atoms with van der Waals surface area (Å²) < 4.78 is 0. The summed E-state index contributed by atoms with van der Waals surface area (Å²) in [7, 11) is 0. The number of hydrogen-bond donors (Lipinski definition) is 1. The molecule has 114 valence electrons. The van der Waals surface area contributed by atoms with E-state index in [0.717, 1.165) is 25.0 Å². The van der Waals surface area contributed by atoms with E-state index in [4.69, 9.17) is 0 Å². The van der Waals surface area contributed by atoms with Crippen LogP contribution in [0.3, 0.4) is 0 Å². The van der Waals surface area contributed by atoms with Gasteiger partial charge in [0.1, 0.15) is 0 Å². The van der Waals surface area contributed by atoms with Gasteiger partial charge in [-0.15, -0.1) is 11.3 Å². The van der Waals surface area contributed by atoms with Crippen LogP contribution in [0, 0.1) is 0 Å². The molecule has 0 aliphatic heterocycles. The third-order valence-corrected chi connectivity index (χ3v) is 4.93. The van der Waals surface area contributed by atoms with Gasteiger partial charge in [-0.05, 0) is 36.5 Å². The van der Waals surface area contributed by atoms with E-state index >= 15 is 0 Å². The molecule has 22 heavy (non-hydrogen) atoms. The minimum atomic E-state index is -0.0882. The number of nitrogens with zero attached hydrogens (tertiary/aromatic N) is 1. The van der Waals surface area contributed by atoms with Crippen LogP contribution in [0.1, 0.15) is 52.7 Å². The molecule has 0 fully saturated rings. The van der Waals surface area contributed by atoms with Crippen LogP contribution in [0.15, 0.2) is 36.4 Å². The predicted octanol–water partition coefficient (Wildman–Crippen LogP) is 4.56. The average molecular weight is 312 g/mol. The summed E-state index contributed by atoms with van der Waals surface area (Å²) in [6, 6.07) is 7.79. The first kappa shape index (κ1) is 15.0. The third kappa shape index (κ3) is 3.28. The normalized spacial score (nSPS) is 13.8. The zero-order valence-corrected chi connectivity index (χ0v) is 13.7.